The summed E-state index contributed by atoms with van der Waals surface area (Å²) in [6.07, 6.45) is 1.44. The summed E-state index contributed by atoms with van der Waals surface area (Å²) in [7, 11) is 0. The lowest BCUT2D eigenvalue weighted by atomic mass is 9.68. The van der Waals surface area contributed by atoms with Crippen LogP contribution in [-0.4, -0.2) is 17.0 Å². The van der Waals surface area contributed by atoms with Gasteiger partial charge in [0.25, 0.3) is 0 Å². The number of rotatable bonds is 3. The molecule has 1 aliphatic carbocycles. The van der Waals surface area contributed by atoms with Crippen LogP contribution < -0.4 is 5.32 Å². The van der Waals surface area contributed by atoms with Crippen molar-refractivity contribution in [2.24, 2.45) is 5.41 Å². The molecule has 6 heteroatoms. The zero-order valence-electron chi connectivity index (χ0n) is 9.37. The van der Waals surface area contributed by atoms with Crippen LogP contribution in [-0.2, 0) is 9.59 Å². The van der Waals surface area contributed by atoms with Gasteiger partial charge >= 0.3 is 5.97 Å². The number of benzene rings is 1. The predicted molar refractivity (Wildman–Crippen MR) is 71.7 cm³/mol. The van der Waals surface area contributed by atoms with Gasteiger partial charge in [0.05, 0.1) is 5.69 Å². The molecular formula is C12H11FINO3. The Bertz CT molecular complexity index is 514. The second-order valence-electron chi connectivity index (χ2n) is 4.32. The largest absolute Gasteiger partial charge is 0.480 e. The normalized spacial score (nSPS) is 16.8. The monoisotopic (exact) mass is 363 g/mol. The molecule has 1 saturated carbocycles. The first kappa shape index (κ1) is 13.3. The molecule has 1 fully saturated rings. The summed E-state index contributed by atoms with van der Waals surface area (Å²) in [5.74, 6) is -2.01. The van der Waals surface area contributed by atoms with E-state index in [1.54, 1.807) is 0 Å². The molecule has 96 valence electrons. The van der Waals surface area contributed by atoms with Gasteiger partial charge in [-0.3, -0.25) is 9.59 Å². The first-order chi connectivity index (χ1) is 8.45. The van der Waals surface area contributed by atoms with E-state index in [1.165, 1.54) is 18.2 Å². The number of halogens is 2. The molecule has 2 N–H and O–H groups in total. The standard InChI is InChI=1S/C12H11FINO3/c13-7-2-3-9(8(14)6-7)15-10(16)12(11(17)18)4-1-5-12/h2-3,6H,1,4-5H2,(H,15,16)(H,17,18). The van der Waals surface area contributed by atoms with E-state index >= 15 is 0 Å². The van der Waals surface area contributed by atoms with Gasteiger partial charge in [-0.2, -0.15) is 0 Å². The molecule has 2 rings (SSSR count). The van der Waals surface area contributed by atoms with Crippen LogP contribution in [0.15, 0.2) is 18.2 Å². The van der Waals surface area contributed by atoms with Crippen LogP contribution in [0, 0.1) is 14.8 Å². The van der Waals surface area contributed by atoms with E-state index in [0.717, 1.165) is 6.42 Å². The number of nitrogens with one attached hydrogen (secondary N) is 1. The Morgan fingerprint density at radius 1 is 1.39 bits per heavy atom. The number of aliphatic carboxylic acids is 1. The minimum atomic E-state index is -1.31. The Hall–Kier alpha value is -1.18. The van der Waals surface area contributed by atoms with E-state index in [-0.39, 0.29) is 0 Å². The summed E-state index contributed by atoms with van der Waals surface area (Å²) in [6.45, 7) is 0. The topological polar surface area (TPSA) is 66.4 Å². The van der Waals surface area contributed by atoms with Gasteiger partial charge in [0.15, 0.2) is 0 Å². The SMILES string of the molecule is O=C(O)C1(C(=O)Nc2ccc(F)cc2I)CCC1. The molecule has 4 nitrogen and oxygen atoms in total. The lowest BCUT2D eigenvalue weighted by Crippen LogP contribution is -2.48. The van der Waals surface area contributed by atoms with Gasteiger partial charge in [-0.25, -0.2) is 4.39 Å². The number of carboxylic acid groups (broad SMARTS) is 1. The summed E-state index contributed by atoms with van der Waals surface area (Å²) in [6, 6.07) is 3.94. The first-order valence-electron chi connectivity index (χ1n) is 5.45. The molecule has 0 atom stereocenters. The van der Waals surface area contributed by atoms with Crippen molar-refractivity contribution in [3.05, 3.63) is 27.6 Å². The smallest absolute Gasteiger partial charge is 0.319 e. The summed E-state index contributed by atoms with van der Waals surface area (Å²) >= 11 is 1.89. The molecule has 1 amide bonds. The van der Waals surface area contributed by atoms with Gasteiger partial charge < -0.3 is 10.4 Å². The van der Waals surface area contributed by atoms with Crippen LogP contribution in [0.2, 0.25) is 0 Å². The van der Waals surface area contributed by atoms with Crippen molar-refractivity contribution >= 4 is 40.2 Å². The van der Waals surface area contributed by atoms with Crippen molar-refractivity contribution in [3.8, 4) is 0 Å². The average molecular weight is 363 g/mol. The van der Waals surface area contributed by atoms with Gasteiger partial charge in [-0.1, -0.05) is 6.42 Å². The maximum atomic E-state index is 12.9. The van der Waals surface area contributed by atoms with Crippen LogP contribution in [0.4, 0.5) is 10.1 Å². The fraction of sp³-hybridized carbons (Fsp3) is 0.333. The third kappa shape index (κ3) is 2.21. The molecule has 0 heterocycles. The third-order valence-electron chi connectivity index (χ3n) is 3.23. The van der Waals surface area contributed by atoms with E-state index in [1.807, 2.05) is 22.6 Å². The molecule has 0 unspecified atom stereocenters. The number of anilines is 1. The zero-order chi connectivity index (χ0) is 13.3. The molecular weight excluding hydrogens is 352 g/mol. The Morgan fingerprint density at radius 3 is 2.50 bits per heavy atom. The van der Waals surface area contributed by atoms with Gasteiger partial charge in [-0.05, 0) is 53.6 Å². The first-order valence-corrected chi connectivity index (χ1v) is 6.53. The van der Waals surface area contributed by atoms with E-state index < -0.39 is 23.1 Å². The fourth-order valence-corrected chi connectivity index (χ4v) is 2.51. The molecule has 0 aliphatic heterocycles. The second kappa shape index (κ2) is 4.83. The summed E-state index contributed by atoms with van der Waals surface area (Å²) in [4.78, 5) is 23.2. The Kier molecular flexibility index (Phi) is 3.56. The van der Waals surface area contributed by atoms with E-state index in [9.17, 15) is 14.0 Å². The Balaban J connectivity index is 2.19. The van der Waals surface area contributed by atoms with Crippen LogP contribution in [0.5, 0.6) is 0 Å². The molecule has 1 aromatic carbocycles. The lowest BCUT2D eigenvalue weighted by Gasteiger charge is -2.35. The van der Waals surface area contributed by atoms with Crippen molar-refractivity contribution in [1.82, 2.24) is 0 Å². The van der Waals surface area contributed by atoms with Crippen molar-refractivity contribution in [2.45, 2.75) is 19.3 Å². The molecule has 18 heavy (non-hydrogen) atoms. The maximum absolute atomic E-state index is 12.9. The van der Waals surface area contributed by atoms with E-state index in [2.05, 4.69) is 5.32 Å². The Labute approximate surface area is 117 Å². The van der Waals surface area contributed by atoms with Gasteiger partial charge in [-0.15, -0.1) is 0 Å². The molecule has 0 aromatic heterocycles. The number of carbonyl (C=O) groups is 2. The number of carbonyl (C=O) groups excluding carboxylic acids is 1. The van der Waals surface area contributed by atoms with Crippen LogP contribution >= 0.6 is 22.6 Å². The highest BCUT2D eigenvalue weighted by molar-refractivity contribution is 14.1. The van der Waals surface area contributed by atoms with Crippen molar-refractivity contribution in [2.75, 3.05) is 5.32 Å². The zero-order valence-corrected chi connectivity index (χ0v) is 11.5. The minimum absolute atomic E-state index is 0.353. The number of carboxylic acids is 1. The molecule has 0 bridgehead atoms. The predicted octanol–water partition coefficient (Wildman–Crippen LogP) is 2.62. The van der Waals surface area contributed by atoms with Crippen molar-refractivity contribution in [1.29, 1.82) is 0 Å². The number of hydrogen-bond donors (Lipinski definition) is 2. The van der Waals surface area contributed by atoms with Crippen molar-refractivity contribution < 1.29 is 19.1 Å². The molecule has 0 spiro atoms. The molecule has 0 radical (unpaired) electrons. The summed E-state index contributed by atoms with van der Waals surface area (Å²) < 4.78 is 13.5. The van der Waals surface area contributed by atoms with Crippen LogP contribution in [0.25, 0.3) is 0 Å². The highest BCUT2D eigenvalue weighted by Crippen LogP contribution is 2.42. The highest BCUT2D eigenvalue weighted by atomic mass is 127. The van der Waals surface area contributed by atoms with Crippen molar-refractivity contribution in [3.63, 3.8) is 0 Å². The van der Waals surface area contributed by atoms with Gasteiger partial charge in [0, 0.05) is 3.57 Å². The summed E-state index contributed by atoms with van der Waals surface area (Å²) in [5.41, 5.74) is -0.869. The van der Waals surface area contributed by atoms with E-state index in [4.69, 9.17) is 5.11 Å². The van der Waals surface area contributed by atoms with Gasteiger partial charge in [0.1, 0.15) is 11.2 Å². The van der Waals surface area contributed by atoms with Crippen LogP contribution in [0.3, 0.4) is 0 Å². The summed E-state index contributed by atoms with van der Waals surface area (Å²) in [5, 5.41) is 11.7. The number of hydrogen-bond acceptors (Lipinski definition) is 2. The maximum Gasteiger partial charge on any atom is 0.319 e. The molecule has 1 aliphatic rings. The fourth-order valence-electron chi connectivity index (χ4n) is 1.90. The minimum Gasteiger partial charge on any atom is -0.480 e. The quantitative estimate of drug-likeness (QED) is 0.641. The second-order valence-corrected chi connectivity index (χ2v) is 5.48. The molecule has 0 saturated heterocycles. The van der Waals surface area contributed by atoms with E-state index in [0.29, 0.717) is 22.1 Å². The Morgan fingerprint density at radius 2 is 2.06 bits per heavy atom. The highest BCUT2D eigenvalue weighted by Gasteiger charge is 2.51. The molecule has 1 aromatic rings. The van der Waals surface area contributed by atoms with Crippen LogP contribution in [0.1, 0.15) is 19.3 Å². The van der Waals surface area contributed by atoms with Gasteiger partial charge in [0.2, 0.25) is 5.91 Å². The third-order valence-corrected chi connectivity index (χ3v) is 4.12. The number of amides is 1. The average Bonchev–Trinajstić information content (AvgIpc) is 2.19. The lowest BCUT2D eigenvalue weighted by molar-refractivity contribution is -0.159.